The van der Waals surface area contributed by atoms with Crippen LogP contribution in [0.5, 0.6) is 0 Å². The molecule has 22 heavy (non-hydrogen) atoms. The first-order chi connectivity index (χ1) is 10.6. The molecule has 2 aromatic heterocycles. The van der Waals surface area contributed by atoms with Gasteiger partial charge in [0.25, 0.3) is 5.56 Å². The number of hydrogen-bond donors (Lipinski definition) is 2. The van der Waals surface area contributed by atoms with Crippen molar-refractivity contribution >= 4 is 28.0 Å². The van der Waals surface area contributed by atoms with Gasteiger partial charge in [-0.25, -0.2) is 4.98 Å². The number of aromatic amines is 1. The second kappa shape index (κ2) is 5.61. The molecule has 1 aromatic carbocycles. The minimum Gasteiger partial charge on any atom is -0.449 e. The zero-order chi connectivity index (χ0) is 15.7. The van der Waals surface area contributed by atoms with E-state index in [2.05, 4.69) is 15.3 Å². The molecule has 0 aliphatic heterocycles. The second-order valence-corrected chi connectivity index (χ2v) is 5.13. The van der Waals surface area contributed by atoms with Crippen LogP contribution >= 0.6 is 0 Å². The minimum absolute atomic E-state index is 0.0975. The van der Waals surface area contributed by atoms with Gasteiger partial charge in [-0.3, -0.25) is 14.5 Å². The van der Waals surface area contributed by atoms with Crippen LogP contribution < -0.4 is 10.9 Å². The average molecular weight is 300 g/mol. The summed E-state index contributed by atoms with van der Waals surface area (Å²) in [7, 11) is 3.37. The summed E-state index contributed by atoms with van der Waals surface area (Å²) in [4.78, 5) is 32.5. The number of hydrogen-bond acceptors (Lipinski definition) is 5. The lowest BCUT2D eigenvalue weighted by Crippen LogP contribution is -2.33. The maximum absolute atomic E-state index is 12.1. The van der Waals surface area contributed by atoms with E-state index in [1.165, 1.54) is 0 Å². The lowest BCUT2D eigenvalue weighted by molar-refractivity contribution is -0.121. The first-order valence-electron chi connectivity index (χ1n) is 6.88. The summed E-state index contributed by atoms with van der Waals surface area (Å²) < 4.78 is 5.54. The van der Waals surface area contributed by atoms with Crippen LogP contribution in [-0.4, -0.2) is 41.4 Å². The Kier molecular flexibility index (Phi) is 3.64. The van der Waals surface area contributed by atoms with Crippen LogP contribution in [0.1, 0.15) is 5.82 Å². The topological polar surface area (TPSA) is 91.2 Å². The number of carbonyl (C=O) groups is 1. The lowest BCUT2D eigenvalue weighted by atomic mass is 10.2. The number of para-hydroxylation sites is 1. The molecule has 0 spiro atoms. The third-order valence-corrected chi connectivity index (χ3v) is 3.39. The molecule has 3 aromatic rings. The van der Waals surface area contributed by atoms with Crippen molar-refractivity contribution in [3.05, 3.63) is 40.4 Å². The van der Waals surface area contributed by atoms with Gasteiger partial charge in [-0.2, -0.15) is 0 Å². The van der Waals surface area contributed by atoms with E-state index < -0.39 is 0 Å². The SMILES string of the molecule is CNC(=O)CN(C)Cc1nc2c(oc3ccccc32)c(=O)[nH]1. The predicted octanol–water partition coefficient (Wildman–Crippen LogP) is 0.847. The van der Waals surface area contributed by atoms with Gasteiger partial charge in [0.2, 0.25) is 11.5 Å². The number of likely N-dealkylation sites (N-methyl/N-ethyl adjacent to an activating group) is 2. The van der Waals surface area contributed by atoms with E-state index in [4.69, 9.17) is 4.42 Å². The molecule has 0 saturated heterocycles. The van der Waals surface area contributed by atoms with Gasteiger partial charge < -0.3 is 14.7 Å². The molecule has 0 aliphatic rings. The number of nitrogens with one attached hydrogen (secondary N) is 2. The van der Waals surface area contributed by atoms with E-state index in [-0.39, 0.29) is 23.6 Å². The van der Waals surface area contributed by atoms with E-state index in [1.807, 2.05) is 18.2 Å². The molecular formula is C15H16N4O3. The number of benzene rings is 1. The molecule has 0 aliphatic carbocycles. The molecule has 0 atom stereocenters. The minimum atomic E-state index is -0.315. The summed E-state index contributed by atoms with van der Waals surface area (Å²) >= 11 is 0. The largest absolute Gasteiger partial charge is 0.449 e. The van der Waals surface area contributed by atoms with Crippen molar-refractivity contribution in [2.45, 2.75) is 6.54 Å². The summed E-state index contributed by atoms with van der Waals surface area (Å²) in [6.45, 7) is 0.586. The Morgan fingerprint density at radius 2 is 2.18 bits per heavy atom. The quantitative estimate of drug-likeness (QED) is 0.745. The standard InChI is InChI=1S/C15H16N4O3/c1-16-12(20)8-19(2)7-11-17-13-9-5-3-4-6-10(9)22-14(13)15(21)18-11/h3-6H,7-8H2,1-2H3,(H,16,20)(H,17,18,21). The van der Waals surface area contributed by atoms with Gasteiger partial charge in [0, 0.05) is 12.4 Å². The molecule has 0 fully saturated rings. The number of furan rings is 1. The van der Waals surface area contributed by atoms with Crippen LogP contribution in [0.2, 0.25) is 0 Å². The highest BCUT2D eigenvalue weighted by molar-refractivity contribution is 6.01. The van der Waals surface area contributed by atoms with Crippen molar-refractivity contribution in [1.29, 1.82) is 0 Å². The molecule has 114 valence electrons. The van der Waals surface area contributed by atoms with Crippen LogP contribution in [0.4, 0.5) is 0 Å². The number of nitrogens with zero attached hydrogens (tertiary/aromatic N) is 2. The molecule has 7 heteroatoms. The van der Waals surface area contributed by atoms with Crippen LogP contribution in [-0.2, 0) is 11.3 Å². The molecule has 1 amide bonds. The van der Waals surface area contributed by atoms with E-state index in [1.54, 1.807) is 25.1 Å². The molecule has 7 nitrogen and oxygen atoms in total. The van der Waals surface area contributed by atoms with E-state index in [9.17, 15) is 9.59 Å². The Balaban J connectivity index is 1.99. The molecule has 0 bridgehead atoms. The second-order valence-electron chi connectivity index (χ2n) is 5.13. The van der Waals surface area contributed by atoms with E-state index >= 15 is 0 Å². The van der Waals surface area contributed by atoms with Crippen molar-refractivity contribution < 1.29 is 9.21 Å². The molecule has 2 N–H and O–H groups in total. The monoisotopic (exact) mass is 300 g/mol. The highest BCUT2D eigenvalue weighted by Gasteiger charge is 2.14. The zero-order valence-corrected chi connectivity index (χ0v) is 12.3. The maximum atomic E-state index is 12.1. The summed E-state index contributed by atoms with van der Waals surface area (Å²) in [5.74, 6) is 0.398. The fraction of sp³-hybridized carbons (Fsp3) is 0.267. The van der Waals surface area contributed by atoms with Crippen LogP contribution in [0.25, 0.3) is 22.1 Å². The first kappa shape index (κ1) is 14.3. The Bertz CT molecular complexity index is 897. The van der Waals surface area contributed by atoms with Gasteiger partial charge in [0.15, 0.2) is 0 Å². The molecule has 0 saturated carbocycles. The Labute approximate surface area is 125 Å². The normalized spacial score (nSPS) is 11.4. The Morgan fingerprint density at radius 1 is 1.41 bits per heavy atom. The summed E-state index contributed by atoms with van der Waals surface area (Å²) in [6, 6.07) is 7.38. The fourth-order valence-corrected chi connectivity index (χ4v) is 2.36. The predicted molar refractivity (Wildman–Crippen MR) is 82.5 cm³/mol. The average Bonchev–Trinajstić information content (AvgIpc) is 2.86. The number of carbonyl (C=O) groups excluding carboxylic acids is 1. The number of amides is 1. The Hall–Kier alpha value is -2.67. The van der Waals surface area contributed by atoms with Crippen molar-refractivity contribution in [3.8, 4) is 0 Å². The van der Waals surface area contributed by atoms with Crippen molar-refractivity contribution in [3.63, 3.8) is 0 Å². The highest BCUT2D eigenvalue weighted by Crippen LogP contribution is 2.24. The number of rotatable bonds is 4. The van der Waals surface area contributed by atoms with Crippen molar-refractivity contribution in [2.24, 2.45) is 0 Å². The van der Waals surface area contributed by atoms with E-state index in [0.29, 0.717) is 23.5 Å². The fourth-order valence-electron chi connectivity index (χ4n) is 2.36. The summed E-state index contributed by atoms with van der Waals surface area (Å²) in [5, 5.41) is 3.36. The van der Waals surface area contributed by atoms with Gasteiger partial charge >= 0.3 is 0 Å². The smallest absolute Gasteiger partial charge is 0.294 e. The van der Waals surface area contributed by atoms with Gasteiger partial charge in [0.05, 0.1) is 13.1 Å². The zero-order valence-electron chi connectivity index (χ0n) is 12.3. The van der Waals surface area contributed by atoms with Gasteiger partial charge in [0.1, 0.15) is 16.9 Å². The van der Waals surface area contributed by atoms with Crippen LogP contribution in [0.15, 0.2) is 33.5 Å². The maximum Gasteiger partial charge on any atom is 0.294 e. The Morgan fingerprint density at radius 3 is 2.95 bits per heavy atom. The van der Waals surface area contributed by atoms with Gasteiger partial charge in [-0.05, 0) is 19.2 Å². The van der Waals surface area contributed by atoms with Gasteiger partial charge in [-0.1, -0.05) is 12.1 Å². The van der Waals surface area contributed by atoms with Gasteiger partial charge in [-0.15, -0.1) is 0 Å². The number of H-pyrrole nitrogens is 1. The molecular weight excluding hydrogens is 284 g/mol. The van der Waals surface area contributed by atoms with E-state index in [0.717, 1.165) is 5.39 Å². The van der Waals surface area contributed by atoms with Crippen molar-refractivity contribution in [2.75, 3.05) is 20.6 Å². The summed E-state index contributed by atoms with van der Waals surface area (Å²) in [6.07, 6.45) is 0. The highest BCUT2D eigenvalue weighted by atomic mass is 16.3. The molecule has 2 heterocycles. The molecule has 3 rings (SSSR count). The third kappa shape index (κ3) is 2.58. The third-order valence-electron chi connectivity index (χ3n) is 3.39. The molecule has 0 unspecified atom stereocenters. The molecule has 0 radical (unpaired) electrons. The first-order valence-corrected chi connectivity index (χ1v) is 6.88. The van der Waals surface area contributed by atoms with Crippen LogP contribution in [0.3, 0.4) is 0 Å². The summed E-state index contributed by atoms with van der Waals surface area (Å²) in [5.41, 5.74) is 1.08. The van der Waals surface area contributed by atoms with Crippen molar-refractivity contribution in [1.82, 2.24) is 20.2 Å². The lowest BCUT2D eigenvalue weighted by Gasteiger charge is -2.14. The number of aromatic nitrogens is 2. The van der Waals surface area contributed by atoms with Crippen LogP contribution in [0, 0.1) is 0 Å². The number of fused-ring (bicyclic) bond motifs is 3.